The molecule has 0 spiro atoms. The van der Waals surface area contributed by atoms with E-state index in [1.54, 1.807) is 69.1 Å². The number of imidazole rings is 1. The normalized spacial score (nSPS) is 11.0. The minimum absolute atomic E-state index is 0.150. The van der Waals surface area contributed by atoms with Crippen molar-refractivity contribution in [2.45, 2.75) is 13.0 Å². The number of thiazole rings is 1. The summed E-state index contributed by atoms with van der Waals surface area (Å²) in [7, 11) is 6.39. The summed E-state index contributed by atoms with van der Waals surface area (Å²) in [6.45, 7) is 0.787. The molecular weight excluding hydrogens is 518 g/mol. The van der Waals surface area contributed by atoms with E-state index in [1.165, 1.54) is 0 Å². The molecule has 2 aromatic carbocycles. The number of fused-ring (bicyclic) bond motifs is 1. The monoisotopic (exact) mass is 547 g/mol. The first-order valence-electron chi connectivity index (χ1n) is 12.3. The Hall–Kier alpha value is -4.44. The maximum absolute atomic E-state index is 13.7. The van der Waals surface area contributed by atoms with Gasteiger partial charge in [0.25, 0.3) is 5.91 Å². The van der Waals surface area contributed by atoms with Crippen molar-refractivity contribution in [3.05, 3.63) is 83.4 Å². The Bertz CT molecular complexity index is 1550. The molecular formula is C29H29N3O6S. The van der Waals surface area contributed by atoms with Crippen LogP contribution in [0.4, 0.5) is 0 Å². The molecule has 0 bridgehead atoms. The SMILES string of the molecule is COc1cc(OC)cc(C(=O)N(CCc2csc3nc(-c4cc(OC)ccc4OC)cn23)Cc2ccco2)c1. The number of hydrogen-bond donors (Lipinski definition) is 0. The van der Waals surface area contributed by atoms with Crippen LogP contribution in [0.1, 0.15) is 21.8 Å². The van der Waals surface area contributed by atoms with Crippen molar-refractivity contribution < 1.29 is 28.2 Å². The lowest BCUT2D eigenvalue weighted by Gasteiger charge is -2.22. The van der Waals surface area contributed by atoms with Crippen LogP contribution in [0.15, 0.2) is 70.8 Å². The van der Waals surface area contributed by atoms with E-state index in [9.17, 15) is 4.79 Å². The summed E-state index contributed by atoms with van der Waals surface area (Å²) >= 11 is 1.55. The third-order valence-corrected chi connectivity index (χ3v) is 7.30. The van der Waals surface area contributed by atoms with E-state index in [4.69, 9.17) is 28.3 Å². The summed E-state index contributed by atoms with van der Waals surface area (Å²) in [5.74, 6) is 3.09. The van der Waals surface area contributed by atoms with Gasteiger partial charge >= 0.3 is 0 Å². The Morgan fingerprint density at radius 3 is 2.41 bits per heavy atom. The van der Waals surface area contributed by atoms with Crippen molar-refractivity contribution in [2.24, 2.45) is 0 Å². The van der Waals surface area contributed by atoms with Gasteiger partial charge in [0.1, 0.15) is 28.8 Å². The molecule has 0 aliphatic carbocycles. The summed E-state index contributed by atoms with van der Waals surface area (Å²) in [6, 6.07) is 14.5. The molecule has 3 heterocycles. The van der Waals surface area contributed by atoms with Gasteiger partial charge in [-0.1, -0.05) is 0 Å². The van der Waals surface area contributed by atoms with Crippen LogP contribution in [-0.4, -0.2) is 55.2 Å². The van der Waals surface area contributed by atoms with Crippen molar-refractivity contribution >= 4 is 22.2 Å². The van der Waals surface area contributed by atoms with Crippen LogP contribution in [0, 0.1) is 0 Å². The number of carbonyl (C=O) groups is 1. The van der Waals surface area contributed by atoms with Crippen LogP contribution < -0.4 is 18.9 Å². The topological polar surface area (TPSA) is 87.7 Å². The van der Waals surface area contributed by atoms with E-state index in [2.05, 4.69) is 9.78 Å². The second-order valence-electron chi connectivity index (χ2n) is 8.73. The zero-order chi connectivity index (χ0) is 27.4. The number of methoxy groups -OCH3 is 4. The fourth-order valence-electron chi connectivity index (χ4n) is 4.36. The van der Waals surface area contributed by atoms with E-state index in [0.29, 0.717) is 48.1 Å². The van der Waals surface area contributed by atoms with Gasteiger partial charge in [-0.2, -0.15) is 0 Å². The van der Waals surface area contributed by atoms with Gasteiger partial charge in [0.15, 0.2) is 4.96 Å². The Morgan fingerprint density at radius 2 is 1.74 bits per heavy atom. The van der Waals surface area contributed by atoms with E-state index in [-0.39, 0.29) is 5.91 Å². The van der Waals surface area contributed by atoms with E-state index in [0.717, 1.165) is 27.7 Å². The number of nitrogens with zero attached hydrogens (tertiary/aromatic N) is 3. The Labute approximate surface area is 230 Å². The maximum atomic E-state index is 13.7. The Kier molecular flexibility index (Phi) is 7.74. The van der Waals surface area contributed by atoms with Gasteiger partial charge in [0.05, 0.1) is 46.9 Å². The van der Waals surface area contributed by atoms with Gasteiger partial charge < -0.3 is 28.3 Å². The molecule has 1 amide bonds. The second kappa shape index (κ2) is 11.5. The maximum Gasteiger partial charge on any atom is 0.254 e. The fourth-order valence-corrected chi connectivity index (χ4v) is 5.27. The van der Waals surface area contributed by atoms with Crippen LogP contribution in [0.5, 0.6) is 23.0 Å². The van der Waals surface area contributed by atoms with Crippen molar-refractivity contribution in [1.82, 2.24) is 14.3 Å². The molecule has 0 atom stereocenters. The molecule has 0 aliphatic heterocycles. The lowest BCUT2D eigenvalue weighted by atomic mass is 10.1. The highest BCUT2D eigenvalue weighted by molar-refractivity contribution is 7.15. The lowest BCUT2D eigenvalue weighted by molar-refractivity contribution is 0.0732. The van der Waals surface area contributed by atoms with Crippen LogP contribution in [-0.2, 0) is 13.0 Å². The average molecular weight is 548 g/mol. The molecule has 10 heteroatoms. The largest absolute Gasteiger partial charge is 0.497 e. The molecule has 0 saturated heterocycles. The highest BCUT2D eigenvalue weighted by Crippen LogP contribution is 2.34. The highest BCUT2D eigenvalue weighted by Gasteiger charge is 2.21. The standard InChI is InChI=1S/C29H29N3O6S/c1-34-21-7-8-27(37-4)25(15-21)26-17-32-20(18-39-29(32)30-26)9-10-31(16-22-6-5-11-38-22)28(33)19-12-23(35-2)14-24(13-19)36-3/h5-8,11-15,17-18H,9-10,16H2,1-4H3. The smallest absolute Gasteiger partial charge is 0.254 e. The predicted octanol–water partition coefficient (Wildman–Crippen LogP) is 5.58. The lowest BCUT2D eigenvalue weighted by Crippen LogP contribution is -2.32. The van der Waals surface area contributed by atoms with E-state index < -0.39 is 0 Å². The fraction of sp³-hybridized carbons (Fsp3) is 0.241. The average Bonchev–Trinajstić information content (AvgIpc) is 3.73. The number of aromatic nitrogens is 2. The number of carbonyl (C=O) groups excluding carboxylic acids is 1. The summed E-state index contributed by atoms with van der Waals surface area (Å²) < 4.78 is 29.3. The van der Waals surface area contributed by atoms with Crippen molar-refractivity contribution in [1.29, 1.82) is 0 Å². The molecule has 5 aromatic rings. The number of rotatable bonds is 11. The minimum Gasteiger partial charge on any atom is -0.497 e. The predicted molar refractivity (Wildman–Crippen MR) is 148 cm³/mol. The minimum atomic E-state index is -0.150. The number of furan rings is 1. The molecule has 0 saturated carbocycles. The first kappa shape index (κ1) is 26.2. The third-order valence-electron chi connectivity index (χ3n) is 6.42. The van der Waals surface area contributed by atoms with Crippen LogP contribution >= 0.6 is 11.3 Å². The number of ether oxygens (including phenoxy) is 4. The van der Waals surface area contributed by atoms with Gasteiger partial charge in [-0.15, -0.1) is 11.3 Å². The zero-order valence-corrected chi connectivity index (χ0v) is 23.0. The van der Waals surface area contributed by atoms with Crippen molar-refractivity contribution in [2.75, 3.05) is 35.0 Å². The van der Waals surface area contributed by atoms with Crippen LogP contribution in [0.25, 0.3) is 16.2 Å². The quantitative estimate of drug-likeness (QED) is 0.213. The number of benzene rings is 2. The van der Waals surface area contributed by atoms with Gasteiger partial charge in [-0.25, -0.2) is 4.98 Å². The summed E-state index contributed by atoms with van der Waals surface area (Å²) in [4.78, 5) is 21.1. The molecule has 5 rings (SSSR count). The Morgan fingerprint density at radius 1 is 0.974 bits per heavy atom. The molecule has 0 fully saturated rings. The van der Waals surface area contributed by atoms with Gasteiger partial charge in [0, 0.05) is 47.4 Å². The number of hydrogen-bond acceptors (Lipinski definition) is 8. The molecule has 202 valence electrons. The van der Waals surface area contributed by atoms with E-state index in [1.807, 2.05) is 36.5 Å². The zero-order valence-electron chi connectivity index (χ0n) is 22.2. The Balaban J connectivity index is 1.42. The molecule has 9 nitrogen and oxygen atoms in total. The summed E-state index contributed by atoms with van der Waals surface area (Å²) in [6.07, 6.45) is 4.21. The van der Waals surface area contributed by atoms with Crippen molar-refractivity contribution in [3.63, 3.8) is 0 Å². The third kappa shape index (κ3) is 5.56. The molecule has 3 aromatic heterocycles. The first-order valence-corrected chi connectivity index (χ1v) is 13.1. The highest BCUT2D eigenvalue weighted by atomic mass is 32.1. The van der Waals surface area contributed by atoms with Crippen molar-refractivity contribution in [3.8, 4) is 34.3 Å². The van der Waals surface area contributed by atoms with Crippen LogP contribution in [0.2, 0.25) is 0 Å². The summed E-state index contributed by atoms with van der Waals surface area (Å²) in [5, 5.41) is 2.07. The van der Waals surface area contributed by atoms with Gasteiger partial charge in [-0.05, 0) is 42.5 Å². The van der Waals surface area contributed by atoms with Gasteiger partial charge in [-0.3, -0.25) is 9.20 Å². The molecule has 0 radical (unpaired) electrons. The molecule has 0 unspecified atom stereocenters. The molecule has 0 N–H and O–H groups in total. The number of amides is 1. The molecule has 0 aliphatic rings. The van der Waals surface area contributed by atoms with Crippen LogP contribution in [0.3, 0.4) is 0 Å². The second-order valence-corrected chi connectivity index (χ2v) is 9.57. The van der Waals surface area contributed by atoms with Gasteiger partial charge in [0.2, 0.25) is 0 Å². The first-order chi connectivity index (χ1) is 19.0. The van der Waals surface area contributed by atoms with E-state index >= 15 is 0 Å². The molecule has 39 heavy (non-hydrogen) atoms. The summed E-state index contributed by atoms with van der Waals surface area (Å²) in [5.41, 5.74) is 3.14.